The summed E-state index contributed by atoms with van der Waals surface area (Å²) in [6.07, 6.45) is 6.44. The monoisotopic (exact) mass is 336 g/mol. The van der Waals surface area contributed by atoms with Crippen molar-refractivity contribution in [3.63, 3.8) is 0 Å². The van der Waals surface area contributed by atoms with Crippen molar-refractivity contribution >= 4 is 11.9 Å². The highest BCUT2D eigenvalue weighted by atomic mass is 16.2. The van der Waals surface area contributed by atoms with Crippen molar-refractivity contribution < 1.29 is 4.79 Å². The minimum absolute atomic E-state index is 0.131. The Balaban J connectivity index is 1.36. The SMILES string of the molecule is Cc1cnc(N2CCC(C(=O)N3CCc4ccccc4C3)CC2)nc1. The molecule has 1 aromatic carbocycles. The van der Waals surface area contributed by atoms with Crippen LogP contribution in [0.3, 0.4) is 0 Å². The Morgan fingerprint density at radius 1 is 1.04 bits per heavy atom. The third-order valence-electron chi connectivity index (χ3n) is 5.34. The molecule has 25 heavy (non-hydrogen) atoms. The van der Waals surface area contributed by atoms with Crippen molar-refractivity contribution in [1.82, 2.24) is 14.9 Å². The number of amides is 1. The maximum atomic E-state index is 12.9. The number of aryl methyl sites for hydroxylation is 1. The number of hydrogen-bond donors (Lipinski definition) is 0. The van der Waals surface area contributed by atoms with Crippen LogP contribution < -0.4 is 4.90 Å². The third kappa shape index (κ3) is 3.36. The standard InChI is InChI=1S/C20H24N4O/c1-15-12-21-20(22-13-15)23-9-7-17(8-10-23)19(25)24-11-6-16-4-2-3-5-18(16)14-24/h2-5,12-13,17H,6-11,14H2,1H3. The molecule has 5 nitrogen and oxygen atoms in total. The summed E-state index contributed by atoms with van der Waals surface area (Å²) in [5, 5.41) is 0. The van der Waals surface area contributed by atoms with Gasteiger partial charge in [0.15, 0.2) is 0 Å². The van der Waals surface area contributed by atoms with Gasteiger partial charge >= 0.3 is 0 Å². The second-order valence-electron chi connectivity index (χ2n) is 7.10. The zero-order valence-corrected chi connectivity index (χ0v) is 14.7. The highest BCUT2D eigenvalue weighted by molar-refractivity contribution is 5.79. The van der Waals surface area contributed by atoms with Gasteiger partial charge in [0.05, 0.1) is 0 Å². The Labute approximate surface area is 148 Å². The lowest BCUT2D eigenvalue weighted by atomic mass is 9.93. The Morgan fingerprint density at radius 3 is 2.44 bits per heavy atom. The maximum Gasteiger partial charge on any atom is 0.226 e. The van der Waals surface area contributed by atoms with E-state index in [1.54, 1.807) is 0 Å². The summed E-state index contributed by atoms with van der Waals surface area (Å²) in [5.74, 6) is 1.23. The van der Waals surface area contributed by atoms with Crippen molar-refractivity contribution in [3.05, 3.63) is 53.3 Å². The molecule has 0 spiro atoms. The molecule has 130 valence electrons. The van der Waals surface area contributed by atoms with Gasteiger partial charge in [-0.3, -0.25) is 4.79 Å². The molecule has 0 bridgehead atoms. The van der Waals surface area contributed by atoms with Crippen LogP contribution in [0.2, 0.25) is 0 Å². The van der Waals surface area contributed by atoms with Crippen LogP contribution in [-0.2, 0) is 17.8 Å². The summed E-state index contributed by atoms with van der Waals surface area (Å²) in [7, 11) is 0. The lowest BCUT2D eigenvalue weighted by Crippen LogP contribution is -2.44. The molecule has 3 heterocycles. The summed E-state index contributed by atoms with van der Waals surface area (Å²) in [4.78, 5) is 26.0. The fraction of sp³-hybridized carbons (Fsp3) is 0.450. The predicted molar refractivity (Wildman–Crippen MR) is 97.3 cm³/mol. The van der Waals surface area contributed by atoms with E-state index < -0.39 is 0 Å². The molecule has 4 rings (SSSR count). The van der Waals surface area contributed by atoms with Crippen molar-refractivity contribution in [2.24, 2.45) is 5.92 Å². The zero-order chi connectivity index (χ0) is 17.2. The average molecular weight is 336 g/mol. The molecule has 2 aliphatic rings. The first kappa shape index (κ1) is 16.1. The molecular weight excluding hydrogens is 312 g/mol. The van der Waals surface area contributed by atoms with Gasteiger partial charge in [-0.25, -0.2) is 9.97 Å². The van der Waals surface area contributed by atoms with Crippen LogP contribution >= 0.6 is 0 Å². The quantitative estimate of drug-likeness (QED) is 0.846. The first-order valence-corrected chi connectivity index (χ1v) is 9.10. The number of hydrogen-bond acceptors (Lipinski definition) is 4. The molecule has 0 saturated carbocycles. The number of fused-ring (bicyclic) bond motifs is 1. The number of nitrogens with zero attached hydrogens (tertiary/aromatic N) is 4. The van der Waals surface area contributed by atoms with Crippen LogP contribution in [0.15, 0.2) is 36.7 Å². The van der Waals surface area contributed by atoms with Gasteiger partial charge in [-0.05, 0) is 42.9 Å². The van der Waals surface area contributed by atoms with Gasteiger partial charge in [0.25, 0.3) is 0 Å². The fourth-order valence-electron chi connectivity index (χ4n) is 3.82. The summed E-state index contributed by atoms with van der Waals surface area (Å²) in [6, 6.07) is 8.47. The van der Waals surface area contributed by atoms with Gasteiger partial charge in [-0.1, -0.05) is 24.3 Å². The highest BCUT2D eigenvalue weighted by Crippen LogP contribution is 2.25. The number of benzene rings is 1. The van der Waals surface area contributed by atoms with Crippen molar-refractivity contribution in [3.8, 4) is 0 Å². The van der Waals surface area contributed by atoms with Crippen molar-refractivity contribution in [1.29, 1.82) is 0 Å². The van der Waals surface area contributed by atoms with Crippen LogP contribution in [0.25, 0.3) is 0 Å². The van der Waals surface area contributed by atoms with E-state index in [0.29, 0.717) is 5.91 Å². The molecule has 0 aliphatic carbocycles. The van der Waals surface area contributed by atoms with E-state index in [2.05, 4.69) is 39.1 Å². The van der Waals surface area contributed by atoms with Gasteiger partial charge < -0.3 is 9.80 Å². The van der Waals surface area contributed by atoms with Crippen LogP contribution in [0.1, 0.15) is 29.5 Å². The number of rotatable bonds is 2. The maximum absolute atomic E-state index is 12.9. The molecule has 5 heteroatoms. The molecule has 1 saturated heterocycles. The molecule has 0 atom stereocenters. The topological polar surface area (TPSA) is 49.3 Å². The molecule has 2 aromatic rings. The van der Waals surface area contributed by atoms with Gasteiger partial charge in [0.2, 0.25) is 11.9 Å². The van der Waals surface area contributed by atoms with Crippen molar-refractivity contribution in [2.75, 3.05) is 24.5 Å². The predicted octanol–water partition coefficient (Wildman–Crippen LogP) is 2.59. The Morgan fingerprint density at radius 2 is 1.72 bits per heavy atom. The number of carbonyl (C=O) groups is 1. The van der Waals surface area contributed by atoms with Gasteiger partial charge in [-0.15, -0.1) is 0 Å². The largest absolute Gasteiger partial charge is 0.341 e. The second-order valence-corrected chi connectivity index (χ2v) is 7.10. The Bertz CT molecular complexity index is 751. The molecule has 0 radical (unpaired) electrons. The summed E-state index contributed by atoms with van der Waals surface area (Å²) in [6.45, 7) is 5.30. The zero-order valence-electron chi connectivity index (χ0n) is 14.7. The van der Waals surface area contributed by atoms with Crippen molar-refractivity contribution in [2.45, 2.75) is 32.7 Å². The highest BCUT2D eigenvalue weighted by Gasteiger charge is 2.30. The van der Waals surface area contributed by atoms with E-state index in [9.17, 15) is 4.79 Å². The third-order valence-corrected chi connectivity index (χ3v) is 5.34. The van der Waals surface area contributed by atoms with E-state index in [0.717, 1.165) is 57.0 Å². The number of anilines is 1. The number of piperidine rings is 1. The molecular formula is C20H24N4O. The average Bonchev–Trinajstić information content (AvgIpc) is 2.68. The lowest BCUT2D eigenvalue weighted by Gasteiger charge is -2.36. The minimum Gasteiger partial charge on any atom is -0.341 e. The molecule has 0 N–H and O–H groups in total. The molecule has 1 aromatic heterocycles. The summed E-state index contributed by atoms with van der Waals surface area (Å²) < 4.78 is 0. The van der Waals surface area contributed by atoms with E-state index in [-0.39, 0.29) is 5.92 Å². The van der Waals surface area contributed by atoms with Crippen LogP contribution in [0.5, 0.6) is 0 Å². The number of carbonyl (C=O) groups excluding carboxylic acids is 1. The number of aromatic nitrogens is 2. The van der Waals surface area contributed by atoms with E-state index in [4.69, 9.17) is 0 Å². The Kier molecular flexibility index (Phi) is 4.38. The van der Waals surface area contributed by atoms with E-state index >= 15 is 0 Å². The van der Waals surface area contributed by atoms with Crippen LogP contribution in [0.4, 0.5) is 5.95 Å². The normalized spacial score (nSPS) is 18.1. The first-order chi connectivity index (χ1) is 12.2. The van der Waals surface area contributed by atoms with Crippen LogP contribution in [-0.4, -0.2) is 40.4 Å². The second kappa shape index (κ2) is 6.82. The van der Waals surface area contributed by atoms with Gasteiger partial charge in [0.1, 0.15) is 0 Å². The summed E-state index contributed by atoms with van der Waals surface area (Å²) >= 11 is 0. The molecule has 0 unspecified atom stereocenters. The van der Waals surface area contributed by atoms with E-state index in [1.807, 2.05) is 24.2 Å². The van der Waals surface area contributed by atoms with E-state index in [1.165, 1.54) is 11.1 Å². The minimum atomic E-state index is 0.131. The molecule has 1 fully saturated rings. The lowest BCUT2D eigenvalue weighted by molar-refractivity contribution is -0.137. The van der Waals surface area contributed by atoms with Gasteiger partial charge in [0, 0.05) is 44.5 Å². The summed E-state index contributed by atoms with van der Waals surface area (Å²) in [5.41, 5.74) is 3.75. The van der Waals surface area contributed by atoms with Crippen LogP contribution in [0, 0.1) is 12.8 Å². The molecule has 1 amide bonds. The smallest absolute Gasteiger partial charge is 0.226 e. The Hall–Kier alpha value is -2.43. The fourth-order valence-corrected chi connectivity index (χ4v) is 3.82. The molecule has 2 aliphatic heterocycles. The van der Waals surface area contributed by atoms with Gasteiger partial charge in [-0.2, -0.15) is 0 Å². The first-order valence-electron chi connectivity index (χ1n) is 9.10.